The summed E-state index contributed by atoms with van der Waals surface area (Å²) in [7, 11) is 0. The van der Waals surface area contributed by atoms with Crippen LogP contribution in [-0.4, -0.2) is 12.5 Å². The van der Waals surface area contributed by atoms with Gasteiger partial charge in [-0.25, -0.2) is 4.39 Å². The number of ether oxygens (including phenoxy) is 1. The van der Waals surface area contributed by atoms with E-state index in [0.717, 1.165) is 6.08 Å². The minimum atomic E-state index is -1.64. The molecular weight excluding hydrogens is 107 g/mol. The Bertz CT molecular complexity index is 78.6. The maximum atomic E-state index is 12.5. The van der Waals surface area contributed by atoms with Gasteiger partial charge >= 0.3 is 0 Å². The lowest BCUT2D eigenvalue weighted by Gasteiger charge is -2.13. The van der Waals surface area contributed by atoms with Gasteiger partial charge in [0, 0.05) is 6.61 Å². The Hall–Kier alpha value is -0.370. The lowest BCUT2D eigenvalue weighted by molar-refractivity contribution is -0.0861. The highest BCUT2D eigenvalue weighted by molar-refractivity contribution is 4.83. The second kappa shape index (κ2) is 2.82. The van der Waals surface area contributed by atoms with Gasteiger partial charge in [0.15, 0.2) is 0 Å². The van der Waals surface area contributed by atoms with E-state index in [1.165, 1.54) is 6.92 Å². The standard InChI is InChI=1S/C6H11FO/c1-4-6(3,7)8-5-2/h4H,1,5H2,2-3H3. The summed E-state index contributed by atoms with van der Waals surface area (Å²) in [5.41, 5.74) is 0. The molecule has 0 aliphatic rings. The molecule has 0 rings (SSSR count). The van der Waals surface area contributed by atoms with Crippen LogP contribution < -0.4 is 0 Å². The Morgan fingerprint density at radius 3 is 2.50 bits per heavy atom. The molecule has 0 bridgehead atoms. The highest BCUT2D eigenvalue weighted by Gasteiger charge is 2.16. The minimum absolute atomic E-state index is 0.374. The predicted octanol–water partition coefficient (Wildman–Crippen LogP) is 1.89. The summed E-state index contributed by atoms with van der Waals surface area (Å²) in [6.07, 6.45) is 1.14. The molecule has 48 valence electrons. The van der Waals surface area contributed by atoms with E-state index in [0.29, 0.717) is 6.61 Å². The third-order valence-electron chi connectivity index (χ3n) is 0.791. The fourth-order valence-corrected chi connectivity index (χ4v) is 0.341. The fourth-order valence-electron chi connectivity index (χ4n) is 0.341. The first-order valence-electron chi connectivity index (χ1n) is 2.59. The van der Waals surface area contributed by atoms with E-state index in [2.05, 4.69) is 11.3 Å². The number of alkyl halides is 1. The lowest BCUT2D eigenvalue weighted by atomic mass is 10.3. The smallest absolute Gasteiger partial charge is 0.225 e. The topological polar surface area (TPSA) is 9.23 Å². The second-order valence-corrected chi connectivity index (χ2v) is 1.62. The van der Waals surface area contributed by atoms with Gasteiger partial charge in [0.1, 0.15) is 0 Å². The molecule has 0 aliphatic carbocycles. The molecule has 1 atom stereocenters. The van der Waals surface area contributed by atoms with E-state index in [1.54, 1.807) is 6.92 Å². The van der Waals surface area contributed by atoms with Crippen molar-refractivity contribution < 1.29 is 9.13 Å². The van der Waals surface area contributed by atoms with Gasteiger partial charge in [-0.3, -0.25) is 0 Å². The molecule has 0 spiro atoms. The second-order valence-electron chi connectivity index (χ2n) is 1.62. The summed E-state index contributed by atoms with van der Waals surface area (Å²) in [6, 6.07) is 0. The van der Waals surface area contributed by atoms with Crippen LogP contribution in [0.4, 0.5) is 4.39 Å². The van der Waals surface area contributed by atoms with Crippen molar-refractivity contribution in [3.05, 3.63) is 12.7 Å². The molecule has 0 saturated heterocycles. The summed E-state index contributed by atoms with van der Waals surface area (Å²) < 4.78 is 17.1. The van der Waals surface area contributed by atoms with Crippen molar-refractivity contribution >= 4 is 0 Å². The zero-order valence-electron chi connectivity index (χ0n) is 5.28. The van der Waals surface area contributed by atoms with Gasteiger partial charge in [0.2, 0.25) is 5.85 Å². The van der Waals surface area contributed by atoms with E-state index in [4.69, 9.17) is 0 Å². The minimum Gasteiger partial charge on any atom is -0.343 e. The Kier molecular flexibility index (Phi) is 2.69. The van der Waals surface area contributed by atoms with Crippen LogP contribution in [0.5, 0.6) is 0 Å². The van der Waals surface area contributed by atoms with Gasteiger partial charge in [-0.05, 0) is 19.9 Å². The van der Waals surface area contributed by atoms with Crippen molar-refractivity contribution in [1.82, 2.24) is 0 Å². The van der Waals surface area contributed by atoms with Crippen molar-refractivity contribution in [3.63, 3.8) is 0 Å². The molecule has 8 heavy (non-hydrogen) atoms. The first kappa shape index (κ1) is 7.63. The third-order valence-corrected chi connectivity index (χ3v) is 0.791. The van der Waals surface area contributed by atoms with Gasteiger partial charge in [0.25, 0.3) is 0 Å². The maximum absolute atomic E-state index is 12.5. The van der Waals surface area contributed by atoms with Crippen molar-refractivity contribution in [2.24, 2.45) is 0 Å². The Morgan fingerprint density at radius 1 is 1.88 bits per heavy atom. The summed E-state index contributed by atoms with van der Waals surface area (Å²) in [5.74, 6) is -1.64. The molecule has 2 heteroatoms. The highest BCUT2D eigenvalue weighted by Crippen LogP contribution is 2.11. The normalized spacial score (nSPS) is 17.4. The van der Waals surface area contributed by atoms with E-state index < -0.39 is 5.85 Å². The van der Waals surface area contributed by atoms with Crippen LogP contribution in [-0.2, 0) is 4.74 Å². The molecule has 0 fully saturated rings. The summed E-state index contributed by atoms with van der Waals surface area (Å²) >= 11 is 0. The van der Waals surface area contributed by atoms with Crippen molar-refractivity contribution in [1.29, 1.82) is 0 Å². The third kappa shape index (κ3) is 2.75. The SMILES string of the molecule is C=CC(C)(F)OCC. The number of rotatable bonds is 3. The highest BCUT2D eigenvalue weighted by atomic mass is 19.2. The molecular formula is C6H11FO. The number of hydrogen-bond donors (Lipinski definition) is 0. The zero-order valence-corrected chi connectivity index (χ0v) is 5.28. The molecule has 0 heterocycles. The van der Waals surface area contributed by atoms with Gasteiger partial charge in [0.05, 0.1) is 0 Å². The van der Waals surface area contributed by atoms with Crippen LogP contribution in [0.1, 0.15) is 13.8 Å². The van der Waals surface area contributed by atoms with E-state index in [-0.39, 0.29) is 0 Å². The molecule has 0 aliphatic heterocycles. The average Bonchev–Trinajstić information content (AvgIpc) is 1.67. The van der Waals surface area contributed by atoms with E-state index >= 15 is 0 Å². The first-order valence-corrected chi connectivity index (χ1v) is 2.59. The van der Waals surface area contributed by atoms with Crippen molar-refractivity contribution in [3.8, 4) is 0 Å². The molecule has 0 radical (unpaired) electrons. The summed E-state index contributed by atoms with van der Waals surface area (Å²) in [5, 5.41) is 0. The fraction of sp³-hybridized carbons (Fsp3) is 0.667. The zero-order chi connectivity index (χ0) is 6.62. The molecule has 0 saturated carbocycles. The first-order chi connectivity index (χ1) is 3.62. The van der Waals surface area contributed by atoms with Crippen LogP contribution in [0.2, 0.25) is 0 Å². The molecule has 1 nitrogen and oxygen atoms in total. The Labute approximate surface area is 49.2 Å². The quantitative estimate of drug-likeness (QED) is 0.514. The van der Waals surface area contributed by atoms with Gasteiger partial charge in [-0.1, -0.05) is 6.58 Å². The molecule has 1 unspecified atom stereocenters. The molecule has 0 amide bonds. The summed E-state index contributed by atoms with van der Waals surface area (Å²) in [4.78, 5) is 0. The summed E-state index contributed by atoms with van der Waals surface area (Å²) in [6.45, 7) is 6.69. The lowest BCUT2D eigenvalue weighted by Crippen LogP contribution is -2.18. The molecule has 0 aromatic rings. The molecule has 0 aromatic heterocycles. The van der Waals surface area contributed by atoms with Crippen LogP contribution in [0.15, 0.2) is 12.7 Å². The number of hydrogen-bond acceptors (Lipinski definition) is 1. The van der Waals surface area contributed by atoms with Crippen molar-refractivity contribution in [2.75, 3.05) is 6.61 Å². The van der Waals surface area contributed by atoms with Crippen LogP contribution >= 0.6 is 0 Å². The monoisotopic (exact) mass is 118 g/mol. The Morgan fingerprint density at radius 2 is 2.38 bits per heavy atom. The molecule has 0 N–H and O–H groups in total. The predicted molar refractivity (Wildman–Crippen MR) is 31.3 cm³/mol. The van der Waals surface area contributed by atoms with Gasteiger partial charge in [-0.15, -0.1) is 0 Å². The maximum Gasteiger partial charge on any atom is 0.225 e. The van der Waals surface area contributed by atoms with Crippen molar-refractivity contribution in [2.45, 2.75) is 19.7 Å². The van der Waals surface area contributed by atoms with Crippen LogP contribution in [0.3, 0.4) is 0 Å². The average molecular weight is 118 g/mol. The molecule has 0 aromatic carbocycles. The largest absolute Gasteiger partial charge is 0.343 e. The number of halogens is 1. The van der Waals surface area contributed by atoms with E-state index in [9.17, 15) is 4.39 Å². The van der Waals surface area contributed by atoms with E-state index in [1.807, 2.05) is 0 Å². The van der Waals surface area contributed by atoms with Crippen LogP contribution in [0.25, 0.3) is 0 Å². The van der Waals surface area contributed by atoms with Gasteiger partial charge in [-0.2, -0.15) is 0 Å². The van der Waals surface area contributed by atoms with Crippen LogP contribution in [0, 0.1) is 0 Å². The van der Waals surface area contributed by atoms with Gasteiger partial charge < -0.3 is 4.74 Å². The Balaban J connectivity index is 3.53.